The molecule has 4 aromatic rings. The van der Waals surface area contributed by atoms with Crippen LogP contribution >= 0.6 is 11.8 Å². The molecule has 1 atom stereocenters. The molecule has 0 saturated heterocycles. The van der Waals surface area contributed by atoms with Gasteiger partial charge in [0.2, 0.25) is 5.91 Å². The van der Waals surface area contributed by atoms with Crippen LogP contribution in [0.4, 0.5) is 5.69 Å². The Bertz CT molecular complexity index is 1200. The molecule has 0 aliphatic heterocycles. The number of carbonyl (C=O) groups excluding carboxylic acids is 1. The number of methoxy groups -OCH3 is 1. The highest BCUT2D eigenvalue weighted by Gasteiger charge is 2.26. The Morgan fingerprint density at radius 3 is 2.58 bits per heavy atom. The van der Waals surface area contributed by atoms with Crippen LogP contribution in [0.25, 0.3) is 11.4 Å². The Morgan fingerprint density at radius 1 is 1.06 bits per heavy atom. The minimum absolute atomic E-state index is 0.143. The molecule has 8 heteroatoms. The fourth-order valence-electron chi connectivity index (χ4n) is 3.43. The molecule has 1 amide bonds. The van der Waals surface area contributed by atoms with E-state index in [1.54, 1.807) is 25.6 Å². The maximum absolute atomic E-state index is 13.4. The van der Waals surface area contributed by atoms with Crippen molar-refractivity contribution in [1.29, 1.82) is 0 Å². The third kappa shape index (κ3) is 5.40. The van der Waals surface area contributed by atoms with E-state index in [4.69, 9.17) is 4.74 Å². The van der Waals surface area contributed by atoms with E-state index in [0.29, 0.717) is 16.6 Å². The molecule has 1 unspecified atom stereocenters. The first kappa shape index (κ1) is 22.5. The van der Waals surface area contributed by atoms with E-state index < -0.39 is 5.25 Å². The molecule has 0 spiro atoms. The summed E-state index contributed by atoms with van der Waals surface area (Å²) in [5, 5.41) is 12.1. The summed E-state index contributed by atoms with van der Waals surface area (Å²) in [6.45, 7) is 2.85. The van der Waals surface area contributed by atoms with Gasteiger partial charge in [-0.1, -0.05) is 55.1 Å². The first-order chi connectivity index (χ1) is 16.2. The SMILES string of the molecule is CCCn1c(SC(C(=O)Nc2cccc(OC)c2)c2ccccc2)nnc1-c1ccncc1. The Balaban J connectivity index is 1.66. The molecule has 4 rings (SSSR count). The zero-order valence-electron chi connectivity index (χ0n) is 18.5. The molecule has 7 nitrogen and oxygen atoms in total. The van der Waals surface area contributed by atoms with E-state index in [2.05, 4.69) is 32.0 Å². The topological polar surface area (TPSA) is 81.9 Å². The van der Waals surface area contributed by atoms with E-state index in [1.165, 1.54) is 11.8 Å². The number of hydrogen-bond donors (Lipinski definition) is 1. The van der Waals surface area contributed by atoms with Crippen molar-refractivity contribution in [2.24, 2.45) is 0 Å². The summed E-state index contributed by atoms with van der Waals surface area (Å²) < 4.78 is 7.35. The van der Waals surface area contributed by atoms with Crippen molar-refractivity contribution < 1.29 is 9.53 Å². The Hall–Kier alpha value is -3.65. The number of amides is 1. The predicted molar refractivity (Wildman–Crippen MR) is 130 cm³/mol. The van der Waals surface area contributed by atoms with Crippen molar-refractivity contribution in [3.63, 3.8) is 0 Å². The number of hydrogen-bond acceptors (Lipinski definition) is 6. The van der Waals surface area contributed by atoms with Gasteiger partial charge in [-0.3, -0.25) is 9.78 Å². The number of aromatic nitrogens is 4. The number of pyridine rings is 1. The van der Waals surface area contributed by atoms with Crippen LogP contribution in [-0.2, 0) is 11.3 Å². The average molecular weight is 460 g/mol. The highest BCUT2D eigenvalue weighted by atomic mass is 32.2. The second kappa shape index (κ2) is 10.8. The van der Waals surface area contributed by atoms with Gasteiger partial charge in [-0.25, -0.2) is 0 Å². The summed E-state index contributed by atoms with van der Waals surface area (Å²) in [7, 11) is 1.60. The highest BCUT2D eigenvalue weighted by Crippen LogP contribution is 2.37. The second-order valence-electron chi connectivity index (χ2n) is 7.32. The van der Waals surface area contributed by atoms with Gasteiger partial charge in [0, 0.05) is 36.3 Å². The van der Waals surface area contributed by atoms with Crippen molar-refractivity contribution in [2.75, 3.05) is 12.4 Å². The molecule has 0 fully saturated rings. The van der Waals surface area contributed by atoms with Crippen LogP contribution in [0.5, 0.6) is 5.75 Å². The Morgan fingerprint density at radius 2 is 1.85 bits per heavy atom. The van der Waals surface area contributed by atoms with E-state index in [-0.39, 0.29) is 5.91 Å². The molecule has 2 aromatic heterocycles. The van der Waals surface area contributed by atoms with Gasteiger partial charge in [0.15, 0.2) is 11.0 Å². The van der Waals surface area contributed by atoms with Gasteiger partial charge in [-0.2, -0.15) is 0 Å². The fraction of sp³-hybridized carbons (Fsp3) is 0.200. The largest absolute Gasteiger partial charge is 0.497 e. The summed E-state index contributed by atoms with van der Waals surface area (Å²) in [6.07, 6.45) is 4.39. The first-order valence-electron chi connectivity index (χ1n) is 10.7. The molecule has 1 N–H and O–H groups in total. The van der Waals surface area contributed by atoms with E-state index >= 15 is 0 Å². The minimum Gasteiger partial charge on any atom is -0.497 e. The van der Waals surface area contributed by atoms with Gasteiger partial charge in [-0.15, -0.1) is 10.2 Å². The number of rotatable bonds is 9. The molecule has 0 aliphatic rings. The molecule has 2 heterocycles. The number of carbonyl (C=O) groups is 1. The maximum Gasteiger partial charge on any atom is 0.242 e. The van der Waals surface area contributed by atoms with E-state index in [0.717, 1.165) is 29.9 Å². The van der Waals surface area contributed by atoms with Crippen molar-refractivity contribution in [2.45, 2.75) is 30.3 Å². The van der Waals surface area contributed by atoms with Crippen LogP contribution in [0.15, 0.2) is 84.3 Å². The normalized spacial score (nSPS) is 11.7. The first-order valence-corrected chi connectivity index (χ1v) is 11.6. The summed E-state index contributed by atoms with van der Waals surface area (Å²) in [6, 6.07) is 20.9. The smallest absolute Gasteiger partial charge is 0.242 e. The molecule has 0 radical (unpaired) electrons. The zero-order valence-corrected chi connectivity index (χ0v) is 19.3. The lowest BCUT2D eigenvalue weighted by Crippen LogP contribution is -2.19. The quantitative estimate of drug-likeness (QED) is 0.345. The molecule has 2 aromatic carbocycles. The van der Waals surface area contributed by atoms with Crippen LogP contribution in [0.1, 0.15) is 24.2 Å². The summed E-state index contributed by atoms with van der Waals surface area (Å²) in [4.78, 5) is 17.5. The number of ether oxygens (including phenoxy) is 1. The lowest BCUT2D eigenvalue weighted by molar-refractivity contribution is -0.115. The molecule has 0 saturated carbocycles. The zero-order chi connectivity index (χ0) is 23.0. The van der Waals surface area contributed by atoms with E-state index in [9.17, 15) is 4.79 Å². The molecular formula is C25H25N5O2S. The highest BCUT2D eigenvalue weighted by molar-refractivity contribution is 8.00. The molecule has 0 aliphatic carbocycles. The molecule has 33 heavy (non-hydrogen) atoms. The number of benzene rings is 2. The molecule has 0 bridgehead atoms. The fourth-order valence-corrected chi connectivity index (χ4v) is 4.49. The minimum atomic E-state index is -0.512. The van der Waals surface area contributed by atoms with Crippen LogP contribution in [0, 0.1) is 0 Å². The van der Waals surface area contributed by atoms with Gasteiger partial charge in [-0.05, 0) is 36.2 Å². The van der Waals surface area contributed by atoms with Crippen molar-refractivity contribution in [3.05, 3.63) is 84.7 Å². The lowest BCUT2D eigenvalue weighted by Gasteiger charge is -2.18. The number of thioether (sulfide) groups is 1. The van der Waals surface area contributed by atoms with Crippen molar-refractivity contribution in [1.82, 2.24) is 19.7 Å². The van der Waals surface area contributed by atoms with Crippen LogP contribution < -0.4 is 10.1 Å². The monoisotopic (exact) mass is 459 g/mol. The second-order valence-corrected chi connectivity index (χ2v) is 8.40. The average Bonchev–Trinajstić information content (AvgIpc) is 3.26. The summed E-state index contributed by atoms with van der Waals surface area (Å²) in [5.41, 5.74) is 2.50. The number of anilines is 1. The molecule has 168 valence electrons. The molecular weight excluding hydrogens is 434 g/mol. The number of nitrogens with zero attached hydrogens (tertiary/aromatic N) is 4. The third-order valence-corrected chi connectivity index (χ3v) is 6.24. The summed E-state index contributed by atoms with van der Waals surface area (Å²) in [5.74, 6) is 1.30. The standard InChI is InChI=1S/C25H25N5O2S/c1-3-16-30-23(19-12-14-26-15-13-19)28-29-25(30)33-22(18-8-5-4-6-9-18)24(31)27-20-10-7-11-21(17-20)32-2/h4-15,17,22H,3,16H2,1-2H3,(H,27,31). The van der Waals surface area contributed by atoms with E-state index in [1.807, 2.05) is 60.7 Å². The van der Waals surface area contributed by atoms with Crippen molar-refractivity contribution >= 4 is 23.4 Å². The van der Waals surface area contributed by atoms with Gasteiger partial charge in [0.25, 0.3) is 0 Å². The van der Waals surface area contributed by atoms with Crippen LogP contribution in [0.2, 0.25) is 0 Å². The third-order valence-electron chi connectivity index (χ3n) is 5.00. The van der Waals surface area contributed by atoms with Crippen LogP contribution in [-0.4, -0.2) is 32.8 Å². The van der Waals surface area contributed by atoms with Gasteiger partial charge >= 0.3 is 0 Å². The Kier molecular flexibility index (Phi) is 7.36. The van der Waals surface area contributed by atoms with Crippen molar-refractivity contribution in [3.8, 4) is 17.1 Å². The maximum atomic E-state index is 13.4. The summed E-state index contributed by atoms with van der Waals surface area (Å²) >= 11 is 1.39. The lowest BCUT2D eigenvalue weighted by atomic mass is 10.1. The van der Waals surface area contributed by atoms with Gasteiger partial charge < -0.3 is 14.6 Å². The Labute approximate surface area is 197 Å². The number of nitrogens with one attached hydrogen (secondary N) is 1. The van der Waals surface area contributed by atoms with Gasteiger partial charge in [0.1, 0.15) is 11.0 Å². The van der Waals surface area contributed by atoms with Gasteiger partial charge in [0.05, 0.1) is 7.11 Å². The van der Waals surface area contributed by atoms with Crippen LogP contribution in [0.3, 0.4) is 0 Å². The predicted octanol–water partition coefficient (Wildman–Crippen LogP) is 5.23.